The third-order valence-electron chi connectivity index (χ3n) is 13.2. The van der Waals surface area contributed by atoms with Crippen molar-refractivity contribution < 1.29 is 38.9 Å². The molecule has 62 heavy (non-hydrogen) atoms. The number of fused-ring (bicyclic) bond motifs is 5. The molecule has 4 amide bonds. The highest BCUT2D eigenvalue weighted by Gasteiger charge is 2.68. The third-order valence-corrected chi connectivity index (χ3v) is 14.7. The highest BCUT2D eigenvalue weighted by atomic mass is 35.5. The first-order valence-corrected chi connectivity index (χ1v) is 20.8. The minimum Gasteiger partial charge on any atom is -0.504 e. The van der Waals surface area contributed by atoms with Crippen LogP contribution in [-0.4, -0.2) is 69.6 Å². The Kier molecular flexibility index (Phi) is 9.33. The lowest BCUT2D eigenvalue weighted by molar-refractivity contribution is -0.392. The maximum absolute atomic E-state index is 15.2. The number of anilines is 3. The summed E-state index contributed by atoms with van der Waals surface area (Å²) in [5.41, 5.74) is -0.852. The van der Waals surface area contributed by atoms with E-state index in [9.17, 15) is 34.9 Å². The van der Waals surface area contributed by atoms with Crippen LogP contribution in [0.1, 0.15) is 36.8 Å². The third kappa shape index (κ3) is 5.68. The lowest BCUT2D eigenvalue weighted by atomic mass is 9.51. The second-order valence-corrected chi connectivity index (χ2v) is 18.0. The van der Waals surface area contributed by atoms with Gasteiger partial charge in [0.05, 0.1) is 50.7 Å². The summed E-state index contributed by atoms with van der Waals surface area (Å²) in [6.07, 6.45) is 1.83. The van der Waals surface area contributed by atoms with Gasteiger partial charge in [-0.05, 0) is 79.5 Å². The highest BCUT2D eigenvalue weighted by molar-refractivity contribution is 7.22. The maximum Gasteiger partial charge on any atom is 0.301 e. The van der Waals surface area contributed by atoms with Gasteiger partial charge in [0.15, 0.2) is 17.2 Å². The summed E-state index contributed by atoms with van der Waals surface area (Å²) in [5, 5.41) is 41.9. The monoisotopic (exact) mass is 879 g/mol. The van der Waals surface area contributed by atoms with E-state index in [1.165, 1.54) is 48.2 Å². The van der Waals surface area contributed by atoms with Crippen LogP contribution in [-0.2, 0) is 26.2 Å². The zero-order chi connectivity index (χ0) is 44.4. The zero-order valence-electron chi connectivity index (χ0n) is 34.1. The van der Waals surface area contributed by atoms with Gasteiger partial charge in [-0.25, -0.2) is 9.80 Å². The number of allylic oxidation sites excluding steroid dienone is 2. The van der Waals surface area contributed by atoms with E-state index in [4.69, 9.17) is 21.4 Å². The minimum atomic E-state index is -1.46. The van der Waals surface area contributed by atoms with Gasteiger partial charge in [0.2, 0.25) is 23.6 Å². The summed E-state index contributed by atoms with van der Waals surface area (Å²) < 4.78 is 7.79. The van der Waals surface area contributed by atoms with Gasteiger partial charge in [-0.1, -0.05) is 29.3 Å². The summed E-state index contributed by atoms with van der Waals surface area (Å²) >= 11 is 7.82. The Morgan fingerprint density at radius 1 is 0.952 bits per heavy atom. The fraction of sp³-hybridized carbons (Fsp3) is 0.326. The average Bonchev–Trinajstić information content (AvgIpc) is 3.90. The molecule has 0 unspecified atom stereocenters. The number of hydrogen-bond acceptors (Lipinski definition) is 13. The molecular weight excluding hydrogens is 842 g/mol. The van der Waals surface area contributed by atoms with Gasteiger partial charge in [-0.2, -0.15) is 5.10 Å². The van der Waals surface area contributed by atoms with E-state index in [0.717, 1.165) is 42.5 Å². The van der Waals surface area contributed by atoms with Crippen molar-refractivity contribution in [2.75, 3.05) is 35.9 Å². The molecule has 6 atom stereocenters. The first-order chi connectivity index (χ1) is 29.4. The zero-order valence-corrected chi connectivity index (χ0v) is 35.7. The number of nitro benzene ring substituents is 2. The van der Waals surface area contributed by atoms with Crippen LogP contribution < -0.4 is 19.4 Å². The Morgan fingerprint density at radius 3 is 2.27 bits per heavy atom. The molecular formula is C43H38ClN7O10S. The van der Waals surface area contributed by atoms with E-state index in [0.29, 0.717) is 21.9 Å². The number of phenolic OH excluding ortho intramolecular Hbond substituents is 1. The van der Waals surface area contributed by atoms with Crippen LogP contribution in [0, 0.1) is 56.2 Å². The summed E-state index contributed by atoms with van der Waals surface area (Å²) in [6.45, 7) is 3.67. The smallest absolute Gasteiger partial charge is 0.301 e. The number of nitrogens with zero attached hydrogens (tertiary/aromatic N) is 7. The number of nitro groups is 2. The molecule has 2 aliphatic heterocycles. The molecule has 19 heteroatoms. The number of thiophene rings is 1. The largest absolute Gasteiger partial charge is 0.504 e. The molecule has 0 bridgehead atoms. The Morgan fingerprint density at radius 2 is 1.65 bits per heavy atom. The van der Waals surface area contributed by atoms with E-state index in [1.807, 2.05) is 25.1 Å². The molecule has 3 aromatic carbocycles. The summed E-state index contributed by atoms with van der Waals surface area (Å²) in [5.74, 6) is -7.05. The second kappa shape index (κ2) is 14.2. The number of aromatic nitrogens is 2. The maximum atomic E-state index is 15.2. The standard InChI is InChI=1S/C43H38ClN7O10S/c1-19-25-14-21(44)8-12-33(25)62-38(19)28-18-34(47(5)45-28)49-40(54)27-17-26-23(36(43(27,2)42(49)56)20-7-11-32(61-6)31(52)13-20)9-10-24-35(26)41(55)48(39(24)53)22-15-29(50(57)58)37(46(3)4)30(16-22)51(59)60/h7-9,11-16,18,24,26-27,35-36,52H,10,17H2,1-6H3/t24-,26+,27-,35-,36-,43+/m0/s1. The van der Waals surface area contributed by atoms with Crippen LogP contribution in [0.2, 0.25) is 5.02 Å². The Labute approximate surface area is 362 Å². The summed E-state index contributed by atoms with van der Waals surface area (Å²) in [6, 6.07) is 14.0. The van der Waals surface area contributed by atoms with Crippen LogP contribution in [0.25, 0.3) is 20.7 Å². The lowest BCUT2D eigenvalue weighted by Crippen LogP contribution is -2.48. The molecule has 0 spiro atoms. The molecule has 4 aliphatic rings. The number of methoxy groups -OCH3 is 1. The van der Waals surface area contributed by atoms with Crippen LogP contribution >= 0.6 is 22.9 Å². The van der Waals surface area contributed by atoms with E-state index in [1.54, 1.807) is 38.2 Å². The topological polar surface area (TPSA) is 212 Å². The van der Waals surface area contributed by atoms with Gasteiger partial charge in [0.1, 0.15) is 11.5 Å². The van der Waals surface area contributed by atoms with Crippen molar-refractivity contribution in [2.24, 2.45) is 36.1 Å². The minimum absolute atomic E-state index is 0.0170. The quantitative estimate of drug-likeness (QED) is 0.0704. The molecule has 2 saturated heterocycles. The van der Waals surface area contributed by atoms with Gasteiger partial charge < -0.3 is 14.7 Å². The second-order valence-electron chi connectivity index (χ2n) is 16.6. The fourth-order valence-electron chi connectivity index (χ4n) is 10.4. The molecule has 0 radical (unpaired) electrons. The van der Waals surface area contributed by atoms with Crippen molar-refractivity contribution >= 4 is 85.2 Å². The van der Waals surface area contributed by atoms with Crippen molar-refractivity contribution in [3.8, 4) is 22.1 Å². The van der Waals surface area contributed by atoms with Crippen LogP contribution in [0.15, 0.2) is 66.2 Å². The first-order valence-electron chi connectivity index (χ1n) is 19.6. The molecule has 1 saturated carbocycles. The van der Waals surface area contributed by atoms with Gasteiger partial charge in [-0.3, -0.25) is 44.1 Å². The Bertz CT molecular complexity index is 2870. The number of imide groups is 2. The number of ether oxygens (including phenoxy) is 1. The highest BCUT2D eigenvalue weighted by Crippen LogP contribution is 2.64. The molecule has 3 fully saturated rings. The van der Waals surface area contributed by atoms with E-state index in [-0.39, 0.29) is 41.5 Å². The molecule has 2 aromatic heterocycles. The summed E-state index contributed by atoms with van der Waals surface area (Å²) in [7, 11) is 5.86. The van der Waals surface area contributed by atoms with E-state index in [2.05, 4.69) is 0 Å². The number of aryl methyl sites for hydroxylation is 2. The Balaban J connectivity index is 1.15. The molecule has 1 N–H and O–H groups in total. The normalized spacial score (nSPS) is 24.3. The fourth-order valence-corrected chi connectivity index (χ4v) is 11.7. The van der Waals surface area contributed by atoms with Gasteiger partial charge in [0, 0.05) is 55.0 Å². The number of rotatable bonds is 8. The van der Waals surface area contributed by atoms with Crippen LogP contribution in [0.5, 0.6) is 11.5 Å². The molecule has 9 rings (SSSR count). The van der Waals surface area contributed by atoms with E-state index < -0.39 is 79.9 Å². The number of amides is 4. The van der Waals surface area contributed by atoms with Crippen molar-refractivity contribution in [3.05, 3.63) is 103 Å². The number of aromatic hydroxyl groups is 1. The Hall–Kier alpha value is -6.66. The first kappa shape index (κ1) is 40.7. The number of phenols is 1. The summed E-state index contributed by atoms with van der Waals surface area (Å²) in [4.78, 5) is 86.1. The number of halogens is 1. The number of carbonyl (C=O) groups is 4. The predicted octanol–water partition coefficient (Wildman–Crippen LogP) is 7.30. The number of carbonyl (C=O) groups excluding carboxylic acids is 4. The molecule has 318 valence electrons. The van der Waals surface area contributed by atoms with Gasteiger partial charge in [0.25, 0.3) is 0 Å². The predicted molar refractivity (Wildman–Crippen MR) is 230 cm³/mol. The van der Waals surface area contributed by atoms with E-state index >= 15 is 9.59 Å². The molecule has 5 aromatic rings. The van der Waals surface area contributed by atoms with Gasteiger partial charge >= 0.3 is 11.4 Å². The lowest BCUT2D eigenvalue weighted by Gasteiger charge is -2.49. The number of hydrogen-bond donors (Lipinski definition) is 1. The SMILES string of the molecule is COc1ccc([C@H]2C3=CC[C@@H]4C(=O)N(c5cc([N+](=O)[O-])c(N(C)C)c([N+](=O)[O-])c5)C(=O)[C@@H]4[C@@H]3C[C@H]3C(=O)N(c4cc(-c5sc6ccc(Cl)cc6c5C)nn4C)C(=O)[C@@]23C)cc1O. The average molecular weight is 880 g/mol. The van der Waals surface area contributed by atoms with Crippen molar-refractivity contribution in [1.29, 1.82) is 0 Å². The van der Waals surface area contributed by atoms with Crippen molar-refractivity contribution in [2.45, 2.75) is 32.6 Å². The van der Waals surface area contributed by atoms with Crippen molar-refractivity contribution in [3.63, 3.8) is 0 Å². The molecule has 2 aliphatic carbocycles. The molecule has 4 heterocycles. The van der Waals surface area contributed by atoms with Crippen LogP contribution in [0.4, 0.5) is 28.6 Å². The van der Waals surface area contributed by atoms with Crippen molar-refractivity contribution in [1.82, 2.24) is 9.78 Å². The van der Waals surface area contributed by atoms with Crippen LogP contribution in [0.3, 0.4) is 0 Å². The van der Waals surface area contributed by atoms with Gasteiger partial charge in [-0.15, -0.1) is 11.3 Å². The molecule has 17 nitrogen and oxygen atoms in total. The number of benzene rings is 3.